The van der Waals surface area contributed by atoms with Crippen molar-refractivity contribution in [1.82, 2.24) is 4.90 Å². The zero-order chi connectivity index (χ0) is 12.6. The van der Waals surface area contributed by atoms with Crippen molar-refractivity contribution in [3.05, 3.63) is 22.9 Å². The molecule has 1 unspecified atom stereocenters. The van der Waals surface area contributed by atoms with E-state index in [0.29, 0.717) is 22.8 Å². The Morgan fingerprint density at radius 1 is 1.24 bits per heavy atom. The molecule has 17 heavy (non-hydrogen) atoms. The number of ketones is 2. The summed E-state index contributed by atoms with van der Waals surface area (Å²) in [6.45, 7) is 7.44. The van der Waals surface area contributed by atoms with Gasteiger partial charge in [-0.15, -0.1) is 0 Å². The van der Waals surface area contributed by atoms with Crippen molar-refractivity contribution < 1.29 is 9.59 Å². The molecular formula is C14H19NO2. The SMILES string of the molecule is CC1=C(C)C(=O)C(N2CCCC(C)C2)=CC1=O. The molecule has 0 amide bonds. The summed E-state index contributed by atoms with van der Waals surface area (Å²) in [7, 11) is 0. The molecule has 1 saturated heterocycles. The Morgan fingerprint density at radius 2 is 1.94 bits per heavy atom. The second kappa shape index (κ2) is 4.47. The summed E-state index contributed by atoms with van der Waals surface area (Å²) < 4.78 is 0. The van der Waals surface area contributed by atoms with Gasteiger partial charge in [-0.2, -0.15) is 0 Å². The maximum absolute atomic E-state index is 12.2. The number of carbonyl (C=O) groups excluding carboxylic acids is 2. The largest absolute Gasteiger partial charge is 0.368 e. The van der Waals surface area contributed by atoms with Gasteiger partial charge in [0, 0.05) is 30.3 Å². The van der Waals surface area contributed by atoms with Crippen LogP contribution in [0, 0.1) is 5.92 Å². The minimum atomic E-state index is -0.0182. The number of hydrogen-bond acceptors (Lipinski definition) is 3. The number of Topliss-reactive ketones (excluding diaryl/α,β-unsaturated/α-hetero) is 1. The van der Waals surface area contributed by atoms with E-state index in [0.717, 1.165) is 19.5 Å². The fraction of sp³-hybridized carbons (Fsp3) is 0.571. The number of carbonyl (C=O) groups is 2. The van der Waals surface area contributed by atoms with E-state index >= 15 is 0 Å². The minimum Gasteiger partial charge on any atom is -0.368 e. The average molecular weight is 233 g/mol. The molecule has 0 bridgehead atoms. The van der Waals surface area contributed by atoms with E-state index in [1.165, 1.54) is 12.5 Å². The van der Waals surface area contributed by atoms with Crippen LogP contribution < -0.4 is 0 Å². The predicted octanol–water partition coefficient (Wildman–Crippen LogP) is 2.09. The second-order valence-corrected chi connectivity index (χ2v) is 5.17. The molecule has 0 aromatic heterocycles. The number of likely N-dealkylation sites (tertiary alicyclic amines) is 1. The first-order valence-electron chi connectivity index (χ1n) is 6.24. The Balaban J connectivity index is 2.25. The van der Waals surface area contributed by atoms with Crippen LogP contribution in [0.4, 0.5) is 0 Å². The lowest BCUT2D eigenvalue weighted by molar-refractivity contribution is -0.117. The molecule has 3 nitrogen and oxygen atoms in total. The van der Waals surface area contributed by atoms with Gasteiger partial charge in [0.25, 0.3) is 0 Å². The Kier molecular flexibility index (Phi) is 3.18. The number of allylic oxidation sites excluding steroid dienone is 3. The summed E-state index contributed by atoms with van der Waals surface area (Å²) in [6.07, 6.45) is 3.82. The Bertz CT molecular complexity index is 432. The molecule has 0 saturated carbocycles. The van der Waals surface area contributed by atoms with Crippen LogP contribution in [-0.4, -0.2) is 29.6 Å². The first-order valence-corrected chi connectivity index (χ1v) is 6.24. The third kappa shape index (κ3) is 2.19. The van der Waals surface area contributed by atoms with Crippen LogP contribution in [0.5, 0.6) is 0 Å². The Labute approximate surface area is 102 Å². The molecule has 0 aromatic rings. The van der Waals surface area contributed by atoms with Crippen molar-refractivity contribution in [2.24, 2.45) is 5.92 Å². The number of nitrogens with zero attached hydrogens (tertiary/aromatic N) is 1. The molecule has 92 valence electrons. The van der Waals surface area contributed by atoms with E-state index in [4.69, 9.17) is 0 Å². The maximum atomic E-state index is 12.2. The van der Waals surface area contributed by atoms with Gasteiger partial charge in [-0.3, -0.25) is 9.59 Å². The highest BCUT2D eigenvalue weighted by Crippen LogP contribution is 2.25. The molecule has 1 aliphatic heterocycles. The van der Waals surface area contributed by atoms with Gasteiger partial charge < -0.3 is 4.90 Å². The standard InChI is InChI=1S/C14H19NO2/c1-9-5-4-6-15(8-9)12-7-13(16)10(2)11(3)14(12)17/h7,9H,4-6,8H2,1-3H3. The van der Waals surface area contributed by atoms with Gasteiger partial charge in [-0.05, 0) is 32.6 Å². The quantitative estimate of drug-likeness (QED) is 0.651. The average Bonchev–Trinajstić information content (AvgIpc) is 2.31. The van der Waals surface area contributed by atoms with Crippen molar-refractivity contribution in [1.29, 1.82) is 0 Å². The van der Waals surface area contributed by atoms with Crippen LogP contribution in [0.1, 0.15) is 33.6 Å². The number of rotatable bonds is 1. The van der Waals surface area contributed by atoms with E-state index in [9.17, 15) is 9.59 Å². The molecule has 1 atom stereocenters. The van der Waals surface area contributed by atoms with Gasteiger partial charge in [0.15, 0.2) is 5.78 Å². The molecule has 0 spiro atoms. The van der Waals surface area contributed by atoms with Crippen LogP contribution in [0.25, 0.3) is 0 Å². The van der Waals surface area contributed by atoms with Crippen LogP contribution in [0.2, 0.25) is 0 Å². The molecule has 1 fully saturated rings. The van der Waals surface area contributed by atoms with E-state index < -0.39 is 0 Å². The summed E-state index contributed by atoms with van der Waals surface area (Å²) in [5, 5.41) is 0. The maximum Gasteiger partial charge on any atom is 0.205 e. The van der Waals surface area contributed by atoms with Gasteiger partial charge in [-0.1, -0.05) is 6.92 Å². The first-order chi connectivity index (χ1) is 8.00. The summed E-state index contributed by atoms with van der Waals surface area (Å²) in [4.78, 5) is 26.0. The highest BCUT2D eigenvalue weighted by molar-refractivity contribution is 6.21. The number of hydrogen-bond donors (Lipinski definition) is 0. The lowest BCUT2D eigenvalue weighted by atomic mass is 9.92. The summed E-state index contributed by atoms with van der Waals surface area (Å²) in [5.41, 5.74) is 1.79. The van der Waals surface area contributed by atoms with Crippen molar-refractivity contribution >= 4 is 11.6 Å². The zero-order valence-electron chi connectivity index (χ0n) is 10.7. The summed E-state index contributed by atoms with van der Waals surface area (Å²) in [5.74, 6) is 0.603. The number of piperidine rings is 1. The Hall–Kier alpha value is -1.38. The molecular weight excluding hydrogens is 214 g/mol. The molecule has 0 radical (unpaired) electrons. The zero-order valence-corrected chi connectivity index (χ0v) is 10.7. The van der Waals surface area contributed by atoms with E-state index in [-0.39, 0.29) is 11.6 Å². The van der Waals surface area contributed by atoms with E-state index in [2.05, 4.69) is 11.8 Å². The normalized spacial score (nSPS) is 26.4. The molecule has 0 aromatic carbocycles. The fourth-order valence-corrected chi connectivity index (χ4v) is 2.49. The van der Waals surface area contributed by atoms with Crippen LogP contribution >= 0.6 is 0 Å². The molecule has 2 aliphatic rings. The lowest BCUT2D eigenvalue weighted by Crippen LogP contribution is -2.38. The van der Waals surface area contributed by atoms with Crippen molar-refractivity contribution in [3.63, 3.8) is 0 Å². The molecule has 1 heterocycles. The van der Waals surface area contributed by atoms with E-state index in [1.807, 2.05) is 0 Å². The molecule has 0 N–H and O–H groups in total. The van der Waals surface area contributed by atoms with Gasteiger partial charge in [0.05, 0.1) is 5.70 Å². The van der Waals surface area contributed by atoms with Crippen molar-refractivity contribution in [2.75, 3.05) is 13.1 Å². The molecule has 2 rings (SSSR count). The molecule has 3 heteroatoms. The monoisotopic (exact) mass is 233 g/mol. The highest BCUT2D eigenvalue weighted by Gasteiger charge is 2.28. The van der Waals surface area contributed by atoms with Gasteiger partial charge in [-0.25, -0.2) is 0 Å². The fourth-order valence-electron chi connectivity index (χ4n) is 2.49. The minimum absolute atomic E-state index is 0.0182. The highest BCUT2D eigenvalue weighted by atomic mass is 16.1. The van der Waals surface area contributed by atoms with Crippen LogP contribution in [0.15, 0.2) is 22.9 Å². The van der Waals surface area contributed by atoms with Gasteiger partial charge >= 0.3 is 0 Å². The third-order valence-corrected chi connectivity index (χ3v) is 3.77. The van der Waals surface area contributed by atoms with E-state index in [1.54, 1.807) is 13.8 Å². The second-order valence-electron chi connectivity index (χ2n) is 5.17. The third-order valence-electron chi connectivity index (χ3n) is 3.77. The smallest absolute Gasteiger partial charge is 0.205 e. The summed E-state index contributed by atoms with van der Waals surface area (Å²) in [6, 6.07) is 0. The Morgan fingerprint density at radius 3 is 2.59 bits per heavy atom. The first kappa shape index (κ1) is 12.1. The molecule has 1 aliphatic carbocycles. The van der Waals surface area contributed by atoms with Gasteiger partial charge in [0.2, 0.25) is 5.78 Å². The van der Waals surface area contributed by atoms with Gasteiger partial charge in [0.1, 0.15) is 0 Å². The predicted molar refractivity (Wildman–Crippen MR) is 66.4 cm³/mol. The van der Waals surface area contributed by atoms with Crippen LogP contribution in [0.3, 0.4) is 0 Å². The van der Waals surface area contributed by atoms with Crippen LogP contribution in [-0.2, 0) is 9.59 Å². The lowest BCUT2D eigenvalue weighted by Gasteiger charge is -2.35. The van der Waals surface area contributed by atoms with Crippen molar-refractivity contribution in [2.45, 2.75) is 33.6 Å². The van der Waals surface area contributed by atoms with Crippen molar-refractivity contribution in [3.8, 4) is 0 Å². The topological polar surface area (TPSA) is 37.4 Å². The summed E-state index contributed by atoms with van der Waals surface area (Å²) >= 11 is 0.